The summed E-state index contributed by atoms with van der Waals surface area (Å²) >= 11 is 1.71. The van der Waals surface area contributed by atoms with E-state index in [0.717, 1.165) is 26.0 Å². The van der Waals surface area contributed by atoms with Crippen LogP contribution in [0.1, 0.15) is 24.0 Å². The second-order valence-corrected chi connectivity index (χ2v) is 5.78. The molecule has 2 heterocycles. The van der Waals surface area contributed by atoms with Gasteiger partial charge in [0.2, 0.25) is 0 Å². The molecule has 108 valence electrons. The zero-order valence-corrected chi connectivity index (χ0v) is 12.2. The molecule has 2 atom stereocenters. The summed E-state index contributed by atoms with van der Waals surface area (Å²) in [6, 6.07) is 0. The van der Waals surface area contributed by atoms with E-state index >= 15 is 0 Å². The summed E-state index contributed by atoms with van der Waals surface area (Å²) in [5.74, 6) is 0. The maximum absolute atomic E-state index is 9.80. The molecule has 2 rings (SSSR count). The van der Waals surface area contributed by atoms with E-state index in [9.17, 15) is 5.11 Å². The minimum atomic E-state index is -0.458. The highest BCUT2D eigenvalue weighted by Crippen LogP contribution is 2.13. The molecule has 1 aliphatic heterocycles. The molecule has 2 unspecified atom stereocenters. The Labute approximate surface area is 118 Å². The van der Waals surface area contributed by atoms with E-state index < -0.39 is 6.10 Å². The number of aliphatic hydroxyl groups excluding tert-OH is 1. The van der Waals surface area contributed by atoms with Gasteiger partial charge in [-0.2, -0.15) is 11.3 Å². The van der Waals surface area contributed by atoms with Crippen LogP contribution in [0.25, 0.3) is 0 Å². The molecule has 1 aromatic rings. The van der Waals surface area contributed by atoms with Gasteiger partial charge in [-0.15, -0.1) is 0 Å². The topological polar surface area (TPSA) is 50.7 Å². The molecule has 1 aromatic heterocycles. The predicted molar refractivity (Wildman–Crippen MR) is 76.6 cm³/mol. The zero-order valence-electron chi connectivity index (χ0n) is 11.4. The van der Waals surface area contributed by atoms with Crippen LogP contribution in [0.15, 0.2) is 10.8 Å². The van der Waals surface area contributed by atoms with Gasteiger partial charge in [0.05, 0.1) is 25.4 Å². The quantitative estimate of drug-likeness (QED) is 0.763. The van der Waals surface area contributed by atoms with Crippen LogP contribution in [0.3, 0.4) is 0 Å². The van der Waals surface area contributed by atoms with Gasteiger partial charge in [-0.25, -0.2) is 0 Å². The van der Waals surface area contributed by atoms with E-state index in [1.54, 1.807) is 11.3 Å². The summed E-state index contributed by atoms with van der Waals surface area (Å²) in [6.07, 6.45) is 1.97. The second kappa shape index (κ2) is 7.97. The molecule has 0 spiro atoms. The van der Waals surface area contributed by atoms with E-state index in [1.165, 1.54) is 11.1 Å². The monoisotopic (exact) mass is 285 g/mol. The summed E-state index contributed by atoms with van der Waals surface area (Å²) in [4.78, 5) is 0. The summed E-state index contributed by atoms with van der Waals surface area (Å²) in [5, 5.41) is 17.3. The van der Waals surface area contributed by atoms with E-state index in [0.29, 0.717) is 19.8 Å². The maximum atomic E-state index is 9.80. The molecule has 4 nitrogen and oxygen atoms in total. The summed E-state index contributed by atoms with van der Waals surface area (Å²) in [5.41, 5.74) is 2.61. The Hall–Kier alpha value is -0.460. The summed E-state index contributed by atoms with van der Waals surface area (Å²) in [7, 11) is 0. The van der Waals surface area contributed by atoms with Gasteiger partial charge in [0.15, 0.2) is 0 Å². The SMILES string of the molecule is Cc1cscc1CNCC(O)COCC1CCCO1. The van der Waals surface area contributed by atoms with Crippen molar-refractivity contribution in [2.24, 2.45) is 0 Å². The number of hydrogen-bond acceptors (Lipinski definition) is 5. The lowest BCUT2D eigenvalue weighted by molar-refractivity contribution is -0.0164. The van der Waals surface area contributed by atoms with Crippen molar-refractivity contribution >= 4 is 11.3 Å². The first-order chi connectivity index (χ1) is 9.25. The number of aryl methyl sites for hydroxylation is 1. The first-order valence-corrected chi connectivity index (χ1v) is 7.80. The smallest absolute Gasteiger partial charge is 0.0897 e. The zero-order chi connectivity index (χ0) is 13.5. The Morgan fingerprint density at radius 2 is 2.47 bits per heavy atom. The highest BCUT2D eigenvalue weighted by molar-refractivity contribution is 7.08. The minimum absolute atomic E-state index is 0.230. The lowest BCUT2D eigenvalue weighted by Gasteiger charge is -2.14. The average molecular weight is 285 g/mol. The van der Waals surface area contributed by atoms with Crippen LogP contribution in [0.5, 0.6) is 0 Å². The first kappa shape index (κ1) is 14.9. The molecule has 0 saturated carbocycles. The average Bonchev–Trinajstić information content (AvgIpc) is 3.02. The largest absolute Gasteiger partial charge is 0.389 e. The highest BCUT2D eigenvalue weighted by atomic mass is 32.1. The second-order valence-electron chi connectivity index (χ2n) is 5.04. The van der Waals surface area contributed by atoms with Crippen molar-refractivity contribution in [1.29, 1.82) is 0 Å². The fraction of sp³-hybridized carbons (Fsp3) is 0.714. The van der Waals surface area contributed by atoms with Crippen molar-refractivity contribution in [3.63, 3.8) is 0 Å². The van der Waals surface area contributed by atoms with Gasteiger partial charge in [0, 0.05) is 19.7 Å². The number of nitrogens with one attached hydrogen (secondary N) is 1. The van der Waals surface area contributed by atoms with Gasteiger partial charge >= 0.3 is 0 Å². The first-order valence-electron chi connectivity index (χ1n) is 6.85. The molecule has 19 heavy (non-hydrogen) atoms. The van der Waals surface area contributed by atoms with Crippen molar-refractivity contribution in [1.82, 2.24) is 5.32 Å². The van der Waals surface area contributed by atoms with Crippen molar-refractivity contribution in [2.75, 3.05) is 26.4 Å². The molecule has 0 aromatic carbocycles. The van der Waals surface area contributed by atoms with Crippen LogP contribution in [0, 0.1) is 6.92 Å². The third kappa shape index (κ3) is 5.20. The predicted octanol–water partition coefficient (Wildman–Crippen LogP) is 1.70. The molecular weight excluding hydrogens is 262 g/mol. The van der Waals surface area contributed by atoms with Crippen LogP contribution in [0.4, 0.5) is 0 Å². The van der Waals surface area contributed by atoms with Gasteiger partial charge in [0.25, 0.3) is 0 Å². The number of ether oxygens (including phenoxy) is 2. The Balaban J connectivity index is 1.52. The maximum Gasteiger partial charge on any atom is 0.0897 e. The fourth-order valence-corrected chi connectivity index (χ4v) is 2.97. The number of thiophene rings is 1. The van der Waals surface area contributed by atoms with E-state index in [2.05, 4.69) is 23.0 Å². The Morgan fingerprint density at radius 1 is 1.58 bits per heavy atom. The normalized spacial score (nSPS) is 20.8. The highest BCUT2D eigenvalue weighted by Gasteiger charge is 2.16. The van der Waals surface area contributed by atoms with Crippen LogP contribution < -0.4 is 5.32 Å². The van der Waals surface area contributed by atoms with E-state index in [-0.39, 0.29) is 6.10 Å². The van der Waals surface area contributed by atoms with E-state index in [4.69, 9.17) is 9.47 Å². The van der Waals surface area contributed by atoms with E-state index in [1.807, 2.05) is 0 Å². The third-order valence-corrected chi connectivity index (χ3v) is 4.21. The number of rotatable bonds is 8. The van der Waals surface area contributed by atoms with Gasteiger partial charge in [-0.1, -0.05) is 0 Å². The van der Waals surface area contributed by atoms with Gasteiger partial charge in [-0.3, -0.25) is 0 Å². The fourth-order valence-electron chi connectivity index (χ4n) is 2.11. The molecule has 5 heteroatoms. The van der Waals surface area contributed by atoms with Gasteiger partial charge in [-0.05, 0) is 41.7 Å². The Bertz CT molecular complexity index is 363. The molecule has 1 saturated heterocycles. The summed E-state index contributed by atoms with van der Waals surface area (Å²) < 4.78 is 10.9. The van der Waals surface area contributed by atoms with Crippen molar-refractivity contribution in [2.45, 2.75) is 38.5 Å². The van der Waals surface area contributed by atoms with Gasteiger partial charge < -0.3 is 19.9 Å². The van der Waals surface area contributed by atoms with Crippen molar-refractivity contribution < 1.29 is 14.6 Å². The van der Waals surface area contributed by atoms with Gasteiger partial charge in [0.1, 0.15) is 0 Å². The standard InChI is InChI=1S/C14H23NO3S/c1-11-9-19-10-12(11)5-15-6-13(16)7-17-8-14-3-2-4-18-14/h9-10,13-16H,2-8H2,1H3. The molecule has 2 N–H and O–H groups in total. The molecule has 0 aliphatic carbocycles. The molecule has 1 fully saturated rings. The molecular formula is C14H23NO3S. The molecule has 0 amide bonds. The van der Waals surface area contributed by atoms with Crippen molar-refractivity contribution in [3.8, 4) is 0 Å². The summed E-state index contributed by atoms with van der Waals surface area (Å²) in [6.45, 7) is 5.28. The molecule has 1 aliphatic rings. The minimum Gasteiger partial charge on any atom is -0.389 e. The number of aliphatic hydroxyl groups is 1. The van der Waals surface area contributed by atoms with Crippen molar-refractivity contribution in [3.05, 3.63) is 21.9 Å². The lowest BCUT2D eigenvalue weighted by Crippen LogP contribution is -2.31. The third-order valence-electron chi connectivity index (χ3n) is 3.30. The Morgan fingerprint density at radius 3 is 3.16 bits per heavy atom. The van der Waals surface area contributed by atoms with Crippen LogP contribution in [-0.4, -0.2) is 43.7 Å². The molecule has 0 bridgehead atoms. The number of hydrogen-bond donors (Lipinski definition) is 2. The van der Waals surface area contributed by atoms with Crippen LogP contribution in [-0.2, 0) is 16.0 Å². The Kier molecular flexibility index (Phi) is 6.26. The van der Waals surface area contributed by atoms with Crippen LogP contribution in [0.2, 0.25) is 0 Å². The van der Waals surface area contributed by atoms with Crippen LogP contribution >= 0.6 is 11.3 Å². The molecule has 0 radical (unpaired) electrons. The lowest BCUT2D eigenvalue weighted by atomic mass is 10.2.